The predicted molar refractivity (Wildman–Crippen MR) is 93.9 cm³/mol. The number of Topliss-reactive ketones (excluding diaryl/α,β-unsaturated/α-hetero) is 1. The molecule has 0 radical (unpaired) electrons. The molecule has 0 aliphatic carbocycles. The van der Waals surface area contributed by atoms with E-state index in [-0.39, 0.29) is 17.4 Å². The summed E-state index contributed by atoms with van der Waals surface area (Å²) in [5.41, 5.74) is 1.28. The number of nitrogens with one attached hydrogen (secondary N) is 2. The molecular weight excluding hydrogens is 351 g/mol. The summed E-state index contributed by atoms with van der Waals surface area (Å²) >= 11 is 11.6. The summed E-state index contributed by atoms with van der Waals surface area (Å²) in [7, 11) is 0. The second-order valence-corrected chi connectivity index (χ2v) is 5.81. The number of anilines is 1. The average molecular weight is 365 g/mol. The van der Waals surface area contributed by atoms with Crippen LogP contribution in [0, 0.1) is 0 Å². The van der Waals surface area contributed by atoms with E-state index in [0.29, 0.717) is 21.8 Å². The van der Waals surface area contributed by atoms with Crippen molar-refractivity contribution in [3.8, 4) is 0 Å². The predicted octanol–water partition coefficient (Wildman–Crippen LogP) is 3.56. The highest BCUT2D eigenvalue weighted by Gasteiger charge is 2.10. The minimum Gasteiger partial charge on any atom is -0.343 e. The van der Waals surface area contributed by atoms with Crippen LogP contribution in [0.15, 0.2) is 42.5 Å². The van der Waals surface area contributed by atoms with Crippen molar-refractivity contribution in [3.63, 3.8) is 0 Å². The van der Waals surface area contributed by atoms with Crippen molar-refractivity contribution in [3.05, 3.63) is 63.6 Å². The van der Waals surface area contributed by atoms with Crippen molar-refractivity contribution in [1.82, 2.24) is 5.32 Å². The monoisotopic (exact) mass is 364 g/mol. The Morgan fingerprint density at radius 1 is 0.958 bits per heavy atom. The van der Waals surface area contributed by atoms with Gasteiger partial charge in [0.25, 0.3) is 5.91 Å². The normalized spacial score (nSPS) is 10.1. The van der Waals surface area contributed by atoms with Crippen molar-refractivity contribution in [2.24, 2.45) is 0 Å². The molecule has 0 aliphatic rings. The first-order valence-corrected chi connectivity index (χ1v) is 7.76. The van der Waals surface area contributed by atoms with Crippen molar-refractivity contribution in [2.75, 3.05) is 11.9 Å². The summed E-state index contributed by atoms with van der Waals surface area (Å²) in [4.78, 5) is 35.2. The molecule has 2 rings (SSSR count). The molecule has 0 heterocycles. The Hall–Kier alpha value is -2.37. The number of hydrogen-bond acceptors (Lipinski definition) is 3. The number of amides is 2. The lowest BCUT2D eigenvalue weighted by atomic mass is 10.1. The van der Waals surface area contributed by atoms with Gasteiger partial charge in [-0.1, -0.05) is 35.3 Å². The van der Waals surface area contributed by atoms with E-state index in [1.165, 1.54) is 25.1 Å². The highest BCUT2D eigenvalue weighted by atomic mass is 35.5. The average Bonchev–Trinajstić information content (AvgIpc) is 2.55. The maximum Gasteiger partial charge on any atom is 0.251 e. The van der Waals surface area contributed by atoms with Crippen molar-refractivity contribution < 1.29 is 14.4 Å². The van der Waals surface area contributed by atoms with Gasteiger partial charge in [0.05, 0.1) is 16.6 Å². The first-order valence-electron chi connectivity index (χ1n) is 7.01. The van der Waals surface area contributed by atoms with Gasteiger partial charge in [-0.15, -0.1) is 0 Å². The Balaban J connectivity index is 1.93. The van der Waals surface area contributed by atoms with Crippen LogP contribution in [0.2, 0.25) is 10.0 Å². The number of carbonyl (C=O) groups is 3. The van der Waals surface area contributed by atoms with Crippen LogP contribution >= 0.6 is 23.2 Å². The number of benzene rings is 2. The molecule has 2 amide bonds. The summed E-state index contributed by atoms with van der Waals surface area (Å²) in [5.74, 6) is -0.954. The quantitative estimate of drug-likeness (QED) is 0.796. The van der Waals surface area contributed by atoms with E-state index in [0.717, 1.165) is 0 Å². The lowest BCUT2D eigenvalue weighted by Gasteiger charge is -2.08. The van der Waals surface area contributed by atoms with Gasteiger partial charge < -0.3 is 10.6 Å². The molecule has 0 aromatic heterocycles. The number of ketones is 1. The summed E-state index contributed by atoms with van der Waals surface area (Å²) in [6.45, 7) is 1.22. The highest BCUT2D eigenvalue weighted by molar-refractivity contribution is 6.42. The van der Waals surface area contributed by atoms with E-state index in [1.54, 1.807) is 24.3 Å². The number of carbonyl (C=O) groups excluding carboxylic acids is 3. The number of hydrogen-bond donors (Lipinski definition) is 2. The second-order valence-electron chi connectivity index (χ2n) is 5.00. The Kier molecular flexibility index (Phi) is 5.95. The maximum absolute atomic E-state index is 12.0. The van der Waals surface area contributed by atoms with Crippen molar-refractivity contribution >= 4 is 46.5 Å². The third-order valence-electron chi connectivity index (χ3n) is 3.14. The van der Waals surface area contributed by atoms with Crippen LogP contribution < -0.4 is 10.6 Å². The van der Waals surface area contributed by atoms with Gasteiger partial charge in [0.15, 0.2) is 5.78 Å². The zero-order valence-electron chi connectivity index (χ0n) is 12.7. The first-order chi connectivity index (χ1) is 11.4. The Bertz CT molecular complexity index is 806. The topological polar surface area (TPSA) is 75.3 Å². The highest BCUT2D eigenvalue weighted by Crippen LogP contribution is 2.22. The lowest BCUT2D eigenvalue weighted by Crippen LogP contribution is -2.32. The van der Waals surface area contributed by atoms with E-state index in [9.17, 15) is 14.4 Å². The molecule has 24 heavy (non-hydrogen) atoms. The Labute approximate surface area is 149 Å². The van der Waals surface area contributed by atoms with Crippen LogP contribution in [0.4, 0.5) is 5.69 Å². The smallest absolute Gasteiger partial charge is 0.251 e. The molecule has 2 aromatic rings. The zero-order valence-corrected chi connectivity index (χ0v) is 14.2. The minimum absolute atomic E-state index is 0.0981. The van der Waals surface area contributed by atoms with Crippen LogP contribution in [0.1, 0.15) is 27.6 Å². The standard InChI is InChI=1S/C17H14Cl2N2O3/c1-10(22)11-3-2-4-13(7-11)21-16(23)9-20-17(24)12-5-6-14(18)15(19)8-12/h2-8H,9H2,1H3,(H,20,24)(H,21,23). The van der Waals surface area contributed by atoms with Gasteiger partial charge in [-0.3, -0.25) is 14.4 Å². The molecule has 0 unspecified atom stereocenters. The van der Waals surface area contributed by atoms with Gasteiger partial charge in [-0.25, -0.2) is 0 Å². The molecule has 0 bridgehead atoms. The number of rotatable bonds is 5. The second kappa shape index (κ2) is 7.95. The molecule has 0 spiro atoms. The molecule has 0 fully saturated rings. The minimum atomic E-state index is -0.443. The summed E-state index contributed by atoms with van der Waals surface area (Å²) < 4.78 is 0. The molecule has 124 valence electrons. The van der Waals surface area contributed by atoms with Crippen LogP contribution in [-0.2, 0) is 4.79 Å². The molecule has 0 atom stereocenters. The first kappa shape index (κ1) is 18.0. The van der Waals surface area contributed by atoms with Crippen LogP contribution in [0.5, 0.6) is 0 Å². The van der Waals surface area contributed by atoms with Gasteiger partial charge in [-0.2, -0.15) is 0 Å². The van der Waals surface area contributed by atoms with Gasteiger partial charge in [0.1, 0.15) is 0 Å². The summed E-state index contributed by atoms with van der Waals surface area (Å²) in [6.07, 6.45) is 0. The van der Waals surface area contributed by atoms with Crippen LogP contribution in [0.3, 0.4) is 0 Å². The van der Waals surface area contributed by atoms with E-state index in [2.05, 4.69) is 10.6 Å². The van der Waals surface area contributed by atoms with Crippen molar-refractivity contribution in [2.45, 2.75) is 6.92 Å². The Morgan fingerprint density at radius 3 is 2.38 bits per heavy atom. The molecular formula is C17H14Cl2N2O3. The van der Waals surface area contributed by atoms with Gasteiger partial charge in [-0.05, 0) is 37.3 Å². The fraction of sp³-hybridized carbons (Fsp3) is 0.118. The molecule has 2 aromatic carbocycles. The SMILES string of the molecule is CC(=O)c1cccc(NC(=O)CNC(=O)c2ccc(Cl)c(Cl)c2)c1. The molecule has 7 heteroatoms. The summed E-state index contributed by atoms with van der Waals surface area (Å²) in [5, 5.41) is 5.70. The Morgan fingerprint density at radius 2 is 1.71 bits per heavy atom. The molecule has 0 saturated carbocycles. The molecule has 5 nitrogen and oxygen atoms in total. The van der Waals surface area contributed by atoms with Crippen molar-refractivity contribution in [1.29, 1.82) is 0 Å². The van der Waals surface area contributed by atoms with E-state index in [1.807, 2.05) is 0 Å². The third kappa shape index (κ3) is 4.81. The largest absolute Gasteiger partial charge is 0.343 e. The van der Waals surface area contributed by atoms with Crippen LogP contribution in [-0.4, -0.2) is 24.1 Å². The summed E-state index contributed by atoms with van der Waals surface area (Å²) in [6, 6.07) is 11.0. The maximum atomic E-state index is 12.0. The third-order valence-corrected chi connectivity index (χ3v) is 3.88. The molecule has 0 saturated heterocycles. The fourth-order valence-corrected chi connectivity index (χ4v) is 2.22. The fourth-order valence-electron chi connectivity index (χ4n) is 1.92. The van der Waals surface area contributed by atoms with E-state index < -0.39 is 11.8 Å². The van der Waals surface area contributed by atoms with Crippen LogP contribution in [0.25, 0.3) is 0 Å². The number of halogens is 2. The van der Waals surface area contributed by atoms with Gasteiger partial charge in [0, 0.05) is 16.8 Å². The van der Waals surface area contributed by atoms with Gasteiger partial charge >= 0.3 is 0 Å². The molecule has 0 aliphatic heterocycles. The van der Waals surface area contributed by atoms with E-state index in [4.69, 9.17) is 23.2 Å². The lowest BCUT2D eigenvalue weighted by molar-refractivity contribution is -0.115. The molecule has 2 N–H and O–H groups in total. The van der Waals surface area contributed by atoms with Gasteiger partial charge in [0.2, 0.25) is 5.91 Å². The zero-order chi connectivity index (χ0) is 17.7. The van der Waals surface area contributed by atoms with E-state index >= 15 is 0 Å².